The van der Waals surface area contributed by atoms with Crippen molar-refractivity contribution < 1.29 is 28.6 Å². The Hall–Kier alpha value is -1.59. The van der Waals surface area contributed by atoms with Gasteiger partial charge in [0.1, 0.15) is 13.2 Å². The molecule has 52 heavy (non-hydrogen) atoms. The Morgan fingerprint density at radius 3 is 1.00 bits per heavy atom. The number of ether oxygens (including phenoxy) is 3. The second-order valence-electron chi connectivity index (χ2n) is 15.9. The summed E-state index contributed by atoms with van der Waals surface area (Å²) in [5.74, 6) is -0.0130. The topological polar surface area (TPSA) is 78.9 Å². The van der Waals surface area contributed by atoms with Crippen molar-refractivity contribution >= 4 is 17.9 Å². The molecule has 0 heterocycles. The minimum absolute atomic E-state index is 0.0647. The SMILES string of the molecule is CCCCCCCCCCCCCCCCCC(=O)O[C@@H](COC(=O)CCCCCCCCC)COC(=O)CCCCCCCCCCC(C)CC. The van der Waals surface area contributed by atoms with Crippen molar-refractivity contribution in [1.82, 2.24) is 0 Å². The van der Waals surface area contributed by atoms with Crippen molar-refractivity contribution in [3.8, 4) is 0 Å². The van der Waals surface area contributed by atoms with Gasteiger partial charge >= 0.3 is 17.9 Å². The van der Waals surface area contributed by atoms with Gasteiger partial charge in [-0.25, -0.2) is 0 Å². The number of rotatable bonds is 41. The second-order valence-corrected chi connectivity index (χ2v) is 15.9. The lowest BCUT2D eigenvalue weighted by Crippen LogP contribution is -2.30. The Bertz CT molecular complexity index is 783. The molecule has 0 amide bonds. The predicted molar refractivity (Wildman–Crippen MR) is 220 cm³/mol. The minimum atomic E-state index is -0.758. The van der Waals surface area contributed by atoms with Crippen LogP contribution < -0.4 is 0 Å². The number of carbonyl (C=O) groups is 3. The highest BCUT2D eigenvalue weighted by atomic mass is 16.6. The van der Waals surface area contributed by atoms with Crippen LogP contribution in [0.3, 0.4) is 0 Å². The molecule has 308 valence electrons. The third kappa shape index (κ3) is 38.1. The first-order valence-electron chi connectivity index (χ1n) is 22.9. The van der Waals surface area contributed by atoms with Crippen LogP contribution >= 0.6 is 0 Å². The molecular weight excluding hydrogens is 648 g/mol. The predicted octanol–water partition coefficient (Wildman–Crippen LogP) is 14.3. The molecule has 1 unspecified atom stereocenters. The first-order chi connectivity index (χ1) is 25.4. The number of hydrogen-bond acceptors (Lipinski definition) is 6. The van der Waals surface area contributed by atoms with Gasteiger partial charge in [-0.3, -0.25) is 14.4 Å². The van der Waals surface area contributed by atoms with E-state index in [0.29, 0.717) is 19.3 Å². The molecule has 6 nitrogen and oxygen atoms in total. The van der Waals surface area contributed by atoms with Crippen molar-refractivity contribution in [3.05, 3.63) is 0 Å². The highest BCUT2D eigenvalue weighted by molar-refractivity contribution is 5.71. The van der Waals surface area contributed by atoms with Gasteiger partial charge in [0, 0.05) is 19.3 Å². The third-order valence-corrected chi connectivity index (χ3v) is 10.7. The van der Waals surface area contributed by atoms with Crippen LogP contribution in [0.4, 0.5) is 0 Å². The number of esters is 3. The first kappa shape index (κ1) is 50.4. The molecule has 0 aromatic carbocycles. The monoisotopic (exact) mass is 737 g/mol. The van der Waals surface area contributed by atoms with Crippen molar-refractivity contribution in [2.45, 2.75) is 259 Å². The molecule has 0 bridgehead atoms. The van der Waals surface area contributed by atoms with Crippen LogP contribution in [0.5, 0.6) is 0 Å². The van der Waals surface area contributed by atoms with Crippen LogP contribution in [0.15, 0.2) is 0 Å². The number of unbranched alkanes of at least 4 members (excludes halogenated alkanes) is 27. The van der Waals surface area contributed by atoms with Crippen LogP contribution in [0.1, 0.15) is 252 Å². The summed E-state index contributed by atoms with van der Waals surface area (Å²) in [6, 6.07) is 0. The molecule has 0 saturated heterocycles. The lowest BCUT2D eigenvalue weighted by atomic mass is 9.99. The smallest absolute Gasteiger partial charge is 0.306 e. The van der Waals surface area contributed by atoms with E-state index in [4.69, 9.17) is 14.2 Å². The van der Waals surface area contributed by atoms with Gasteiger partial charge in [-0.05, 0) is 25.2 Å². The standard InChI is InChI=1S/C46H88O6/c1-5-8-10-12-14-15-16-17-18-19-20-21-27-31-35-39-46(49)52-43(40-50-44(47)37-33-29-24-13-11-9-6-2)41-51-45(48)38-34-30-26-23-22-25-28-32-36-42(4)7-3/h42-43H,5-41H2,1-4H3/t42?,43-/m0/s1. The molecule has 0 aliphatic rings. The highest BCUT2D eigenvalue weighted by Gasteiger charge is 2.19. The van der Waals surface area contributed by atoms with Gasteiger partial charge in [0.05, 0.1) is 0 Å². The fourth-order valence-electron chi connectivity index (χ4n) is 6.77. The Balaban J connectivity index is 4.27. The van der Waals surface area contributed by atoms with Crippen LogP contribution in [0, 0.1) is 5.92 Å². The van der Waals surface area contributed by atoms with E-state index in [-0.39, 0.29) is 31.1 Å². The van der Waals surface area contributed by atoms with E-state index in [1.165, 1.54) is 148 Å². The van der Waals surface area contributed by atoms with E-state index in [1.54, 1.807) is 0 Å². The van der Waals surface area contributed by atoms with Gasteiger partial charge in [-0.1, -0.05) is 214 Å². The lowest BCUT2D eigenvalue weighted by Gasteiger charge is -2.18. The van der Waals surface area contributed by atoms with Crippen LogP contribution in [0.2, 0.25) is 0 Å². The van der Waals surface area contributed by atoms with Gasteiger partial charge in [0.2, 0.25) is 0 Å². The Kier molecular flexibility index (Phi) is 39.4. The average Bonchev–Trinajstić information content (AvgIpc) is 3.14. The maximum absolute atomic E-state index is 12.7. The quantitative estimate of drug-likeness (QED) is 0.0353. The summed E-state index contributed by atoms with van der Waals surface area (Å²) >= 11 is 0. The summed E-state index contributed by atoms with van der Waals surface area (Å²) in [5.41, 5.74) is 0. The van der Waals surface area contributed by atoms with E-state index in [2.05, 4.69) is 27.7 Å². The van der Waals surface area contributed by atoms with Gasteiger partial charge in [-0.2, -0.15) is 0 Å². The number of carbonyl (C=O) groups excluding carboxylic acids is 3. The molecule has 0 radical (unpaired) electrons. The molecule has 2 atom stereocenters. The molecule has 0 fully saturated rings. The lowest BCUT2D eigenvalue weighted by molar-refractivity contribution is -0.167. The zero-order valence-electron chi connectivity index (χ0n) is 35.3. The molecule has 0 saturated carbocycles. The van der Waals surface area contributed by atoms with E-state index >= 15 is 0 Å². The minimum Gasteiger partial charge on any atom is -0.462 e. The number of hydrogen-bond donors (Lipinski definition) is 0. The fourth-order valence-corrected chi connectivity index (χ4v) is 6.77. The van der Waals surface area contributed by atoms with Crippen LogP contribution in [-0.2, 0) is 28.6 Å². The maximum atomic E-state index is 12.7. The molecule has 0 N–H and O–H groups in total. The Labute approximate surface area is 323 Å². The zero-order chi connectivity index (χ0) is 38.2. The van der Waals surface area contributed by atoms with E-state index < -0.39 is 6.10 Å². The molecule has 0 aliphatic carbocycles. The van der Waals surface area contributed by atoms with Gasteiger partial charge in [0.25, 0.3) is 0 Å². The second kappa shape index (κ2) is 40.6. The molecular formula is C46H88O6. The average molecular weight is 737 g/mol. The van der Waals surface area contributed by atoms with Crippen LogP contribution in [-0.4, -0.2) is 37.2 Å². The van der Waals surface area contributed by atoms with Gasteiger partial charge in [-0.15, -0.1) is 0 Å². The van der Waals surface area contributed by atoms with Crippen molar-refractivity contribution in [2.24, 2.45) is 5.92 Å². The maximum Gasteiger partial charge on any atom is 0.306 e. The molecule has 0 aromatic rings. The Morgan fingerprint density at radius 2 is 0.673 bits per heavy atom. The summed E-state index contributed by atoms with van der Waals surface area (Å²) in [4.78, 5) is 37.6. The molecule has 0 spiro atoms. The summed E-state index contributed by atoms with van der Waals surface area (Å²) in [6.07, 6.45) is 39.5. The van der Waals surface area contributed by atoms with E-state index in [1.807, 2.05) is 0 Å². The third-order valence-electron chi connectivity index (χ3n) is 10.7. The summed E-state index contributed by atoms with van der Waals surface area (Å²) in [7, 11) is 0. The summed E-state index contributed by atoms with van der Waals surface area (Å²) in [5, 5.41) is 0. The van der Waals surface area contributed by atoms with Crippen molar-refractivity contribution in [2.75, 3.05) is 13.2 Å². The Morgan fingerprint density at radius 1 is 0.385 bits per heavy atom. The molecule has 0 aromatic heterocycles. The normalized spacial score (nSPS) is 12.5. The summed E-state index contributed by atoms with van der Waals surface area (Å²) < 4.78 is 16.7. The molecule has 0 rings (SSSR count). The zero-order valence-corrected chi connectivity index (χ0v) is 35.3. The van der Waals surface area contributed by atoms with Crippen molar-refractivity contribution in [1.29, 1.82) is 0 Å². The molecule has 0 aliphatic heterocycles. The largest absolute Gasteiger partial charge is 0.462 e. The highest BCUT2D eigenvalue weighted by Crippen LogP contribution is 2.17. The van der Waals surface area contributed by atoms with Gasteiger partial charge in [0.15, 0.2) is 6.10 Å². The van der Waals surface area contributed by atoms with E-state index in [0.717, 1.165) is 63.7 Å². The fraction of sp³-hybridized carbons (Fsp3) is 0.935. The van der Waals surface area contributed by atoms with E-state index in [9.17, 15) is 14.4 Å². The first-order valence-corrected chi connectivity index (χ1v) is 22.9. The summed E-state index contributed by atoms with van der Waals surface area (Å²) in [6.45, 7) is 8.96. The van der Waals surface area contributed by atoms with Gasteiger partial charge < -0.3 is 14.2 Å². The molecule has 6 heteroatoms. The van der Waals surface area contributed by atoms with Crippen LogP contribution in [0.25, 0.3) is 0 Å². The van der Waals surface area contributed by atoms with Crippen molar-refractivity contribution in [3.63, 3.8) is 0 Å².